The number of nitrogens with one attached hydrogen (secondary N) is 1. The Kier molecular flexibility index (Phi) is 6.76. The Hall–Kier alpha value is -2.52. The molecule has 2 aliphatic rings. The number of hydrogen-bond donors (Lipinski definition) is 1. The van der Waals surface area contributed by atoms with Crippen LogP contribution in [0, 0.1) is 11.6 Å². The van der Waals surface area contributed by atoms with Crippen LogP contribution in [-0.4, -0.2) is 44.8 Å². The second-order valence-corrected chi connectivity index (χ2v) is 10.2. The Balaban J connectivity index is 1.71. The summed E-state index contributed by atoms with van der Waals surface area (Å²) in [5, 5.41) is 2.58. The lowest BCUT2D eigenvalue weighted by atomic mass is 10.1. The van der Waals surface area contributed by atoms with E-state index < -0.39 is 33.1 Å². The number of carbonyl (C=O) groups is 1. The lowest BCUT2D eigenvalue weighted by Gasteiger charge is -2.31. The van der Waals surface area contributed by atoms with Crippen molar-refractivity contribution in [1.82, 2.24) is 4.31 Å². The summed E-state index contributed by atoms with van der Waals surface area (Å²) in [4.78, 5) is 14.9. The summed E-state index contributed by atoms with van der Waals surface area (Å²) in [6, 6.07) is 7.85. The van der Waals surface area contributed by atoms with E-state index in [9.17, 15) is 22.0 Å². The Morgan fingerprint density at radius 1 is 0.844 bits per heavy atom. The minimum Gasteiger partial charge on any atom is -0.370 e. The molecule has 0 radical (unpaired) electrons. The molecule has 2 fully saturated rings. The zero-order chi connectivity index (χ0) is 22.7. The van der Waals surface area contributed by atoms with Crippen LogP contribution in [0.15, 0.2) is 41.3 Å². The summed E-state index contributed by atoms with van der Waals surface area (Å²) < 4.78 is 56.1. The minimum absolute atomic E-state index is 0.0597. The number of amides is 1. The van der Waals surface area contributed by atoms with Gasteiger partial charge in [0.15, 0.2) is 0 Å². The molecular formula is C23H27F2N3O3S. The molecule has 1 N–H and O–H groups in total. The van der Waals surface area contributed by atoms with Crippen LogP contribution in [0.4, 0.5) is 20.2 Å². The number of benzene rings is 2. The molecule has 6 nitrogen and oxygen atoms in total. The third-order valence-electron chi connectivity index (χ3n) is 6.06. The minimum atomic E-state index is -3.73. The average molecular weight is 464 g/mol. The topological polar surface area (TPSA) is 69.7 Å². The number of rotatable bonds is 5. The largest absolute Gasteiger partial charge is 0.370 e. The van der Waals surface area contributed by atoms with Crippen LogP contribution in [0.3, 0.4) is 0 Å². The standard InChI is InChI=1S/C23H27F2N3O3S/c24-18-8-7-9-19(25)22(18)23(29)26-20-16-17(32(30,31)28-14-5-2-6-15-28)10-11-21(20)27-12-3-1-4-13-27/h7-11,16H,1-6,12-15H2,(H,26,29). The smallest absolute Gasteiger partial charge is 0.261 e. The zero-order valence-electron chi connectivity index (χ0n) is 17.8. The molecule has 0 spiro atoms. The van der Waals surface area contributed by atoms with E-state index >= 15 is 0 Å². The van der Waals surface area contributed by atoms with Gasteiger partial charge in [0.2, 0.25) is 10.0 Å². The number of nitrogens with zero attached hydrogens (tertiary/aromatic N) is 2. The highest BCUT2D eigenvalue weighted by Gasteiger charge is 2.28. The Labute approximate surface area is 187 Å². The van der Waals surface area contributed by atoms with Gasteiger partial charge in [-0.3, -0.25) is 4.79 Å². The summed E-state index contributed by atoms with van der Waals surface area (Å²) in [5.41, 5.74) is 0.186. The van der Waals surface area contributed by atoms with Crippen LogP contribution in [0.25, 0.3) is 0 Å². The van der Waals surface area contributed by atoms with Gasteiger partial charge < -0.3 is 10.2 Å². The molecule has 2 saturated heterocycles. The predicted molar refractivity (Wildman–Crippen MR) is 119 cm³/mol. The van der Waals surface area contributed by atoms with Crippen LogP contribution >= 0.6 is 0 Å². The third kappa shape index (κ3) is 4.63. The fourth-order valence-corrected chi connectivity index (χ4v) is 5.88. The molecule has 0 atom stereocenters. The molecular weight excluding hydrogens is 436 g/mol. The van der Waals surface area contributed by atoms with Gasteiger partial charge in [-0.2, -0.15) is 4.31 Å². The van der Waals surface area contributed by atoms with Crippen molar-refractivity contribution in [2.75, 3.05) is 36.4 Å². The predicted octanol–water partition coefficient (Wildman–Crippen LogP) is 4.38. The number of carbonyl (C=O) groups excluding carboxylic acids is 1. The maximum Gasteiger partial charge on any atom is 0.261 e. The Morgan fingerprint density at radius 3 is 2.06 bits per heavy atom. The summed E-state index contributed by atoms with van der Waals surface area (Å²) in [7, 11) is -3.73. The van der Waals surface area contributed by atoms with Crippen molar-refractivity contribution in [1.29, 1.82) is 0 Å². The van der Waals surface area contributed by atoms with E-state index in [1.165, 1.54) is 16.4 Å². The maximum atomic E-state index is 14.2. The van der Waals surface area contributed by atoms with Crippen molar-refractivity contribution >= 4 is 27.3 Å². The Bertz CT molecular complexity index is 1080. The first kappa shape index (κ1) is 22.7. The lowest BCUT2D eigenvalue weighted by Crippen LogP contribution is -2.36. The molecule has 2 heterocycles. The van der Waals surface area contributed by atoms with Gasteiger partial charge in [0.25, 0.3) is 5.91 Å². The van der Waals surface area contributed by atoms with E-state index in [1.54, 1.807) is 12.1 Å². The summed E-state index contributed by atoms with van der Waals surface area (Å²) in [6.45, 7) is 2.43. The fraction of sp³-hybridized carbons (Fsp3) is 0.435. The lowest BCUT2D eigenvalue weighted by molar-refractivity contribution is 0.101. The van der Waals surface area contributed by atoms with Gasteiger partial charge in [-0.05, 0) is 62.4 Å². The van der Waals surface area contributed by atoms with E-state index in [4.69, 9.17) is 0 Å². The van der Waals surface area contributed by atoms with Crippen LogP contribution in [-0.2, 0) is 10.0 Å². The van der Waals surface area contributed by atoms with Crippen LogP contribution < -0.4 is 10.2 Å². The van der Waals surface area contributed by atoms with Crippen molar-refractivity contribution in [3.8, 4) is 0 Å². The van der Waals surface area contributed by atoms with Crippen molar-refractivity contribution in [3.05, 3.63) is 53.6 Å². The van der Waals surface area contributed by atoms with Gasteiger partial charge in [-0.25, -0.2) is 17.2 Å². The number of piperidine rings is 2. The maximum absolute atomic E-state index is 14.2. The summed E-state index contributed by atoms with van der Waals surface area (Å²) in [6.07, 6.45) is 5.66. The van der Waals surface area contributed by atoms with Crippen molar-refractivity contribution < 1.29 is 22.0 Å². The highest BCUT2D eigenvalue weighted by Crippen LogP contribution is 2.33. The van der Waals surface area contributed by atoms with E-state index in [2.05, 4.69) is 10.2 Å². The molecule has 0 unspecified atom stereocenters. The third-order valence-corrected chi connectivity index (χ3v) is 7.95. The van der Waals surface area contributed by atoms with Crippen molar-refractivity contribution in [2.45, 2.75) is 43.4 Å². The molecule has 1 amide bonds. The number of sulfonamides is 1. The van der Waals surface area contributed by atoms with Gasteiger partial charge in [0, 0.05) is 26.2 Å². The molecule has 0 bridgehead atoms. The molecule has 9 heteroatoms. The molecule has 172 valence electrons. The van der Waals surface area contributed by atoms with Gasteiger partial charge >= 0.3 is 0 Å². The molecule has 4 rings (SSSR count). The molecule has 2 aromatic rings. The van der Waals surface area contributed by atoms with Crippen LogP contribution in [0.1, 0.15) is 48.9 Å². The van der Waals surface area contributed by atoms with E-state index in [1.807, 2.05) is 0 Å². The van der Waals surface area contributed by atoms with Gasteiger partial charge in [0.05, 0.1) is 16.3 Å². The summed E-state index contributed by atoms with van der Waals surface area (Å²) in [5.74, 6) is -2.90. The number of halogens is 2. The van der Waals surface area contributed by atoms with Crippen molar-refractivity contribution in [2.24, 2.45) is 0 Å². The van der Waals surface area contributed by atoms with Gasteiger partial charge in [0.1, 0.15) is 17.2 Å². The first-order valence-electron chi connectivity index (χ1n) is 11.0. The van der Waals surface area contributed by atoms with Gasteiger partial charge in [-0.1, -0.05) is 12.5 Å². The molecule has 2 aromatic carbocycles. The fourth-order valence-electron chi connectivity index (χ4n) is 4.34. The van der Waals surface area contributed by atoms with E-state index in [-0.39, 0.29) is 10.6 Å². The highest BCUT2D eigenvalue weighted by atomic mass is 32.2. The molecule has 0 aliphatic carbocycles. The monoisotopic (exact) mass is 463 g/mol. The highest BCUT2D eigenvalue weighted by molar-refractivity contribution is 7.89. The molecule has 2 aliphatic heterocycles. The normalized spacial score (nSPS) is 17.9. The number of anilines is 2. The zero-order valence-corrected chi connectivity index (χ0v) is 18.6. The second-order valence-electron chi connectivity index (χ2n) is 8.24. The summed E-state index contributed by atoms with van der Waals surface area (Å²) >= 11 is 0. The molecule has 0 aromatic heterocycles. The van der Waals surface area contributed by atoms with Crippen LogP contribution in [0.2, 0.25) is 0 Å². The average Bonchev–Trinajstić information content (AvgIpc) is 2.80. The van der Waals surface area contributed by atoms with E-state index in [0.717, 1.165) is 63.7 Å². The van der Waals surface area contributed by atoms with Crippen LogP contribution in [0.5, 0.6) is 0 Å². The molecule has 0 saturated carbocycles. The quantitative estimate of drug-likeness (QED) is 0.715. The van der Waals surface area contributed by atoms with Crippen molar-refractivity contribution in [3.63, 3.8) is 0 Å². The first-order chi connectivity index (χ1) is 15.4. The first-order valence-corrected chi connectivity index (χ1v) is 12.5. The van der Waals surface area contributed by atoms with Gasteiger partial charge in [-0.15, -0.1) is 0 Å². The second kappa shape index (κ2) is 9.54. The van der Waals surface area contributed by atoms with E-state index in [0.29, 0.717) is 18.8 Å². The molecule has 32 heavy (non-hydrogen) atoms. The number of hydrogen-bond acceptors (Lipinski definition) is 4. The SMILES string of the molecule is O=C(Nc1cc(S(=O)(=O)N2CCCCC2)ccc1N1CCCCC1)c1c(F)cccc1F. The Morgan fingerprint density at radius 2 is 1.44 bits per heavy atom.